The van der Waals surface area contributed by atoms with Gasteiger partial charge in [0.1, 0.15) is 11.5 Å². The summed E-state index contributed by atoms with van der Waals surface area (Å²) in [5.74, 6) is 1.85. The molecule has 0 aliphatic carbocycles. The zero-order valence-electron chi connectivity index (χ0n) is 17.1. The average molecular weight is 477 g/mol. The van der Waals surface area contributed by atoms with Crippen LogP contribution in [0.2, 0.25) is 0 Å². The van der Waals surface area contributed by atoms with Crippen LogP contribution < -0.4 is 9.47 Å². The predicted molar refractivity (Wildman–Crippen MR) is 132 cm³/mol. The molecule has 0 amide bonds. The van der Waals surface area contributed by atoms with Gasteiger partial charge >= 0.3 is 0 Å². The fraction of sp³-hybridized carbons (Fsp3) is 0.364. The van der Waals surface area contributed by atoms with Crippen molar-refractivity contribution in [3.05, 3.63) is 36.4 Å². The Hall–Kier alpha value is -1.48. The first kappa shape index (κ1) is 21.7. The highest BCUT2D eigenvalue weighted by molar-refractivity contribution is 8.77. The number of thiazole rings is 2. The topological polar surface area (TPSA) is 44.2 Å². The Morgan fingerprint density at radius 3 is 1.63 bits per heavy atom. The molecule has 0 aliphatic rings. The second-order valence-corrected chi connectivity index (χ2v) is 11.5. The van der Waals surface area contributed by atoms with E-state index in [9.17, 15) is 0 Å². The molecule has 0 fully saturated rings. The van der Waals surface area contributed by atoms with E-state index in [1.54, 1.807) is 44.3 Å². The third kappa shape index (κ3) is 5.60. The Morgan fingerprint density at radius 1 is 0.733 bits per heavy atom. The number of nitrogens with zero attached hydrogens (tertiary/aromatic N) is 2. The van der Waals surface area contributed by atoms with Crippen molar-refractivity contribution in [1.82, 2.24) is 9.97 Å². The first-order chi connectivity index (χ1) is 14.7. The first-order valence-electron chi connectivity index (χ1n) is 10.2. The Bertz CT molecular complexity index is 1020. The Labute approximate surface area is 192 Å². The van der Waals surface area contributed by atoms with Gasteiger partial charge in [-0.25, -0.2) is 9.97 Å². The third-order valence-corrected chi connectivity index (χ3v) is 9.40. The van der Waals surface area contributed by atoms with Crippen LogP contribution in [-0.4, -0.2) is 23.2 Å². The minimum atomic E-state index is 0.765. The van der Waals surface area contributed by atoms with Gasteiger partial charge in [-0.15, -0.1) is 22.7 Å². The molecule has 4 aromatic rings. The maximum atomic E-state index is 5.82. The molecule has 4 nitrogen and oxygen atoms in total. The number of hydrogen-bond acceptors (Lipinski definition) is 8. The molecule has 4 rings (SSSR count). The van der Waals surface area contributed by atoms with Crippen LogP contribution in [0.1, 0.15) is 39.5 Å². The average Bonchev–Trinajstić information content (AvgIpc) is 3.35. The molecule has 8 heteroatoms. The molecule has 0 bridgehead atoms. The fourth-order valence-corrected chi connectivity index (χ4v) is 7.31. The lowest BCUT2D eigenvalue weighted by Crippen LogP contribution is -1.95. The summed E-state index contributed by atoms with van der Waals surface area (Å²) in [6.45, 7) is 5.87. The van der Waals surface area contributed by atoms with Crippen molar-refractivity contribution in [3.8, 4) is 11.5 Å². The van der Waals surface area contributed by atoms with E-state index in [4.69, 9.17) is 19.4 Å². The molecule has 0 aliphatic heterocycles. The molecule has 0 spiro atoms. The van der Waals surface area contributed by atoms with Gasteiger partial charge in [0.25, 0.3) is 0 Å². The van der Waals surface area contributed by atoms with Gasteiger partial charge in [0.2, 0.25) is 0 Å². The van der Waals surface area contributed by atoms with Crippen molar-refractivity contribution in [2.75, 3.05) is 13.2 Å². The van der Waals surface area contributed by atoms with Gasteiger partial charge in [0, 0.05) is 0 Å². The number of rotatable bonds is 11. The van der Waals surface area contributed by atoms with Gasteiger partial charge in [-0.2, -0.15) is 0 Å². The van der Waals surface area contributed by atoms with E-state index >= 15 is 0 Å². The number of fused-ring (bicyclic) bond motifs is 2. The highest BCUT2D eigenvalue weighted by Gasteiger charge is 2.10. The summed E-state index contributed by atoms with van der Waals surface area (Å²) >= 11 is 3.40. The van der Waals surface area contributed by atoms with Crippen LogP contribution >= 0.6 is 44.3 Å². The van der Waals surface area contributed by atoms with Crippen molar-refractivity contribution in [1.29, 1.82) is 0 Å². The van der Waals surface area contributed by atoms with Crippen molar-refractivity contribution in [2.24, 2.45) is 0 Å². The summed E-state index contributed by atoms with van der Waals surface area (Å²) in [5.41, 5.74) is 2.04. The van der Waals surface area contributed by atoms with Crippen LogP contribution in [0, 0.1) is 0 Å². The smallest absolute Gasteiger partial charge is 0.162 e. The predicted octanol–water partition coefficient (Wildman–Crippen LogP) is 8.06. The van der Waals surface area contributed by atoms with Crippen LogP contribution in [0.25, 0.3) is 20.4 Å². The molecule has 2 aromatic heterocycles. The Morgan fingerprint density at radius 2 is 1.20 bits per heavy atom. The second kappa shape index (κ2) is 10.7. The minimum absolute atomic E-state index is 0.765. The Balaban J connectivity index is 1.39. The summed E-state index contributed by atoms with van der Waals surface area (Å²) in [5, 5.41) is 0. The largest absolute Gasteiger partial charge is 0.494 e. The molecule has 0 N–H and O–H groups in total. The van der Waals surface area contributed by atoms with Crippen molar-refractivity contribution < 1.29 is 9.47 Å². The molecule has 158 valence electrons. The summed E-state index contributed by atoms with van der Waals surface area (Å²) < 4.78 is 16.0. The molecule has 0 radical (unpaired) electrons. The Kier molecular flexibility index (Phi) is 7.76. The fourth-order valence-electron chi connectivity index (χ4n) is 2.76. The van der Waals surface area contributed by atoms with E-state index in [2.05, 4.69) is 26.0 Å². The lowest BCUT2D eigenvalue weighted by atomic mass is 10.3. The van der Waals surface area contributed by atoms with Crippen LogP contribution in [0.15, 0.2) is 45.1 Å². The monoisotopic (exact) mass is 476 g/mol. The van der Waals surface area contributed by atoms with E-state index < -0.39 is 0 Å². The highest BCUT2D eigenvalue weighted by atomic mass is 33.1. The molecule has 0 atom stereocenters. The van der Waals surface area contributed by atoms with E-state index in [1.807, 2.05) is 24.3 Å². The van der Waals surface area contributed by atoms with Gasteiger partial charge in [0.05, 0.1) is 33.6 Å². The number of hydrogen-bond donors (Lipinski definition) is 0. The summed E-state index contributed by atoms with van der Waals surface area (Å²) in [6.07, 6.45) is 4.43. The molecule has 2 aromatic carbocycles. The van der Waals surface area contributed by atoms with Crippen LogP contribution in [0.4, 0.5) is 0 Å². The van der Waals surface area contributed by atoms with Gasteiger partial charge in [-0.3, -0.25) is 0 Å². The molecule has 0 saturated heterocycles. The number of benzene rings is 2. The number of aromatic nitrogens is 2. The summed E-state index contributed by atoms with van der Waals surface area (Å²) in [4.78, 5) is 9.47. The lowest BCUT2D eigenvalue weighted by molar-refractivity contribution is 0.309. The van der Waals surface area contributed by atoms with E-state index in [-0.39, 0.29) is 0 Å². The zero-order valence-corrected chi connectivity index (χ0v) is 20.3. The van der Waals surface area contributed by atoms with Crippen molar-refractivity contribution in [3.63, 3.8) is 0 Å². The maximum absolute atomic E-state index is 5.82. The van der Waals surface area contributed by atoms with Gasteiger partial charge in [-0.05, 0) is 70.8 Å². The highest BCUT2D eigenvalue weighted by Crippen LogP contribution is 2.44. The van der Waals surface area contributed by atoms with Gasteiger partial charge in [-0.1, -0.05) is 26.7 Å². The van der Waals surface area contributed by atoms with Crippen LogP contribution in [0.3, 0.4) is 0 Å². The van der Waals surface area contributed by atoms with Crippen LogP contribution in [-0.2, 0) is 0 Å². The number of unbranched alkanes of at least 4 members (excludes halogenated alkanes) is 2. The second-order valence-electron chi connectivity index (χ2n) is 6.79. The summed E-state index contributed by atoms with van der Waals surface area (Å²) in [7, 11) is 3.33. The molecule has 0 unspecified atom stereocenters. The standard InChI is InChI=1S/C22H24N2O2S4/c1-3-5-11-25-15-7-9-17-19(13-15)27-21(23-17)29-30-22-24-18-10-8-16(14-20(18)28-22)26-12-6-4-2/h7-10,13-14H,3-6,11-12H2,1-2H3. The van der Waals surface area contributed by atoms with Crippen LogP contribution in [0.5, 0.6) is 11.5 Å². The van der Waals surface area contributed by atoms with E-state index in [1.165, 1.54) is 0 Å². The maximum Gasteiger partial charge on any atom is 0.162 e. The van der Waals surface area contributed by atoms with E-state index in [0.717, 1.165) is 79.5 Å². The molecule has 30 heavy (non-hydrogen) atoms. The normalized spacial score (nSPS) is 11.4. The molecule has 0 saturated carbocycles. The SMILES string of the molecule is CCCCOc1ccc2nc(SSc3nc4ccc(OCCCC)cc4s3)sc2c1. The van der Waals surface area contributed by atoms with Gasteiger partial charge in [0.15, 0.2) is 8.68 Å². The minimum Gasteiger partial charge on any atom is -0.494 e. The van der Waals surface area contributed by atoms with E-state index in [0.29, 0.717) is 0 Å². The lowest BCUT2D eigenvalue weighted by Gasteiger charge is -2.04. The molecule has 2 heterocycles. The number of ether oxygens (including phenoxy) is 2. The van der Waals surface area contributed by atoms with Crippen molar-refractivity contribution in [2.45, 2.75) is 48.2 Å². The zero-order chi connectivity index (χ0) is 20.8. The quantitative estimate of drug-likeness (QED) is 0.161. The molecular weight excluding hydrogens is 453 g/mol. The van der Waals surface area contributed by atoms with Crippen molar-refractivity contribution >= 4 is 64.7 Å². The third-order valence-electron chi connectivity index (χ3n) is 4.40. The van der Waals surface area contributed by atoms with Gasteiger partial charge < -0.3 is 9.47 Å². The molecular formula is C22H24N2O2S4. The first-order valence-corrected chi connectivity index (χ1v) is 13.9. The summed E-state index contributed by atoms with van der Waals surface area (Å²) in [6, 6.07) is 12.3.